The molecule has 3 aromatic rings. The van der Waals surface area contributed by atoms with Crippen LogP contribution in [0.5, 0.6) is 0 Å². The largest absolute Gasteiger partial charge is 0.457 e. The Bertz CT molecular complexity index is 1140. The smallest absolute Gasteiger partial charge is 0.245 e. The van der Waals surface area contributed by atoms with Crippen molar-refractivity contribution in [3.05, 3.63) is 54.0 Å². The van der Waals surface area contributed by atoms with Crippen LogP contribution in [0, 0.1) is 5.82 Å². The number of rotatable bonds is 7. The SMILES string of the molecule is CCNc1ccccc1S(=O)(=O)NC(O)c1cc2c(F)cc(N3CCC3)cc2o1. The first kappa shape index (κ1) is 19.7. The highest BCUT2D eigenvalue weighted by Gasteiger charge is 2.25. The summed E-state index contributed by atoms with van der Waals surface area (Å²) in [7, 11) is -4.05. The van der Waals surface area contributed by atoms with Crippen molar-refractivity contribution in [2.45, 2.75) is 24.5 Å². The van der Waals surface area contributed by atoms with Gasteiger partial charge in [0.25, 0.3) is 0 Å². The zero-order chi connectivity index (χ0) is 20.6. The van der Waals surface area contributed by atoms with E-state index in [4.69, 9.17) is 4.42 Å². The number of hydrogen-bond donors (Lipinski definition) is 3. The Morgan fingerprint density at radius 3 is 2.69 bits per heavy atom. The molecule has 2 aromatic carbocycles. The van der Waals surface area contributed by atoms with Crippen molar-refractivity contribution < 1.29 is 22.3 Å². The molecule has 0 saturated carbocycles. The number of aliphatic hydroxyl groups is 1. The summed E-state index contributed by atoms with van der Waals surface area (Å²) in [4.78, 5) is 2.02. The highest BCUT2D eigenvalue weighted by atomic mass is 32.2. The summed E-state index contributed by atoms with van der Waals surface area (Å²) >= 11 is 0. The molecule has 1 unspecified atom stereocenters. The highest BCUT2D eigenvalue weighted by Crippen LogP contribution is 2.32. The molecule has 7 nitrogen and oxygen atoms in total. The molecule has 0 aliphatic carbocycles. The molecular formula is C20H22FN3O4S. The molecule has 29 heavy (non-hydrogen) atoms. The van der Waals surface area contributed by atoms with E-state index in [1.165, 1.54) is 18.2 Å². The van der Waals surface area contributed by atoms with Gasteiger partial charge in [0.05, 0.1) is 11.1 Å². The molecule has 1 atom stereocenters. The van der Waals surface area contributed by atoms with E-state index in [2.05, 4.69) is 10.0 Å². The first-order valence-electron chi connectivity index (χ1n) is 9.40. The number of nitrogens with one attached hydrogen (secondary N) is 2. The zero-order valence-electron chi connectivity index (χ0n) is 15.9. The van der Waals surface area contributed by atoms with E-state index in [-0.39, 0.29) is 21.6 Å². The van der Waals surface area contributed by atoms with Crippen molar-refractivity contribution in [2.24, 2.45) is 0 Å². The number of furan rings is 1. The Kier molecular flexibility index (Phi) is 5.20. The van der Waals surface area contributed by atoms with E-state index in [9.17, 15) is 17.9 Å². The number of para-hydroxylation sites is 1. The van der Waals surface area contributed by atoms with E-state index < -0.39 is 22.1 Å². The summed E-state index contributed by atoms with van der Waals surface area (Å²) in [5, 5.41) is 13.6. The van der Waals surface area contributed by atoms with Gasteiger partial charge in [-0.05, 0) is 37.6 Å². The lowest BCUT2D eigenvalue weighted by molar-refractivity contribution is 0.141. The minimum absolute atomic E-state index is 0.00302. The van der Waals surface area contributed by atoms with Gasteiger partial charge in [-0.15, -0.1) is 0 Å². The van der Waals surface area contributed by atoms with Gasteiger partial charge in [0.2, 0.25) is 10.0 Å². The zero-order valence-corrected chi connectivity index (χ0v) is 16.7. The van der Waals surface area contributed by atoms with Crippen molar-refractivity contribution in [3.63, 3.8) is 0 Å². The predicted octanol–water partition coefficient (Wildman–Crippen LogP) is 3.18. The second-order valence-corrected chi connectivity index (χ2v) is 8.56. The Labute approximate surface area is 168 Å². The van der Waals surface area contributed by atoms with E-state index in [0.717, 1.165) is 19.5 Å². The lowest BCUT2D eigenvalue weighted by Gasteiger charge is -2.33. The van der Waals surface area contributed by atoms with Crippen LogP contribution in [-0.4, -0.2) is 33.2 Å². The number of sulfonamides is 1. The topological polar surface area (TPSA) is 94.8 Å². The third-order valence-corrected chi connectivity index (χ3v) is 6.36. The summed E-state index contributed by atoms with van der Waals surface area (Å²) in [5.74, 6) is -0.559. The normalized spacial score (nSPS) is 15.3. The van der Waals surface area contributed by atoms with E-state index in [0.29, 0.717) is 17.9 Å². The monoisotopic (exact) mass is 419 g/mol. The van der Waals surface area contributed by atoms with Gasteiger partial charge >= 0.3 is 0 Å². The van der Waals surface area contributed by atoms with Crippen LogP contribution in [0.15, 0.2) is 51.8 Å². The molecule has 1 saturated heterocycles. The van der Waals surface area contributed by atoms with Crippen LogP contribution in [0.4, 0.5) is 15.8 Å². The van der Waals surface area contributed by atoms with Gasteiger partial charge in [0.1, 0.15) is 22.1 Å². The minimum atomic E-state index is -4.05. The molecular weight excluding hydrogens is 397 g/mol. The number of nitrogens with zero attached hydrogens (tertiary/aromatic N) is 1. The molecule has 0 spiro atoms. The van der Waals surface area contributed by atoms with Crippen molar-refractivity contribution in [1.29, 1.82) is 0 Å². The maximum absolute atomic E-state index is 14.5. The number of benzene rings is 2. The highest BCUT2D eigenvalue weighted by molar-refractivity contribution is 7.89. The van der Waals surface area contributed by atoms with Gasteiger partial charge in [0.15, 0.2) is 6.23 Å². The summed E-state index contributed by atoms with van der Waals surface area (Å²) in [6.07, 6.45) is -0.605. The molecule has 154 valence electrons. The lowest BCUT2D eigenvalue weighted by Crippen LogP contribution is -2.36. The molecule has 1 aliphatic heterocycles. The Balaban J connectivity index is 1.62. The molecule has 0 bridgehead atoms. The van der Waals surface area contributed by atoms with Gasteiger partial charge < -0.3 is 19.7 Å². The molecule has 9 heteroatoms. The maximum Gasteiger partial charge on any atom is 0.245 e. The van der Waals surface area contributed by atoms with Crippen molar-refractivity contribution in [2.75, 3.05) is 29.9 Å². The fourth-order valence-corrected chi connectivity index (χ4v) is 4.52. The number of hydrogen-bond acceptors (Lipinski definition) is 6. The molecule has 0 radical (unpaired) electrons. The van der Waals surface area contributed by atoms with Gasteiger partial charge in [-0.1, -0.05) is 12.1 Å². The van der Waals surface area contributed by atoms with Gasteiger partial charge in [-0.25, -0.2) is 12.8 Å². The summed E-state index contributed by atoms with van der Waals surface area (Å²) < 4.78 is 47.7. The van der Waals surface area contributed by atoms with Crippen molar-refractivity contribution in [1.82, 2.24) is 4.72 Å². The molecule has 2 heterocycles. The average molecular weight is 419 g/mol. The molecule has 1 aromatic heterocycles. The first-order valence-corrected chi connectivity index (χ1v) is 10.9. The number of aliphatic hydroxyl groups excluding tert-OH is 1. The molecule has 0 amide bonds. The van der Waals surface area contributed by atoms with E-state index in [1.807, 2.05) is 11.8 Å². The van der Waals surface area contributed by atoms with Crippen LogP contribution in [-0.2, 0) is 10.0 Å². The fourth-order valence-electron chi connectivity index (χ4n) is 3.30. The molecule has 4 rings (SSSR count). The third-order valence-electron chi connectivity index (χ3n) is 4.89. The number of fused-ring (bicyclic) bond motifs is 1. The van der Waals surface area contributed by atoms with Crippen LogP contribution >= 0.6 is 0 Å². The van der Waals surface area contributed by atoms with E-state index >= 15 is 0 Å². The number of anilines is 2. The Morgan fingerprint density at radius 1 is 1.24 bits per heavy atom. The van der Waals surface area contributed by atoms with Crippen LogP contribution < -0.4 is 14.9 Å². The van der Waals surface area contributed by atoms with Gasteiger partial charge in [-0.2, -0.15) is 4.72 Å². The van der Waals surface area contributed by atoms with Crippen LogP contribution in [0.2, 0.25) is 0 Å². The van der Waals surface area contributed by atoms with Gasteiger partial charge in [0, 0.05) is 31.4 Å². The molecule has 1 fully saturated rings. The quantitative estimate of drug-likeness (QED) is 0.509. The van der Waals surface area contributed by atoms with E-state index in [1.54, 1.807) is 24.3 Å². The average Bonchev–Trinajstić information content (AvgIpc) is 3.06. The summed E-state index contributed by atoms with van der Waals surface area (Å²) in [6.45, 7) is 4.10. The molecule has 3 N–H and O–H groups in total. The molecule has 1 aliphatic rings. The third kappa shape index (κ3) is 3.81. The summed E-state index contributed by atoms with van der Waals surface area (Å²) in [6, 6.07) is 10.8. The van der Waals surface area contributed by atoms with Crippen molar-refractivity contribution in [3.8, 4) is 0 Å². The summed E-state index contributed by atoms with van der Waals surface area (Å²) in [5.41, 5.74) is 1.38. The second-order valence-electron chi connectivity index (χ2n) is 6.88. The standard InChI is InChI=1S/C20H22FN3O4S/c1-2-22-16-6-3-4-7-19(16)29(26,27)23-20(25)18-12-14-15(21)10-13(11-17(14)28-18)24-8-5-9-24/h3-4,6-7,10-12,20,22-23,25H,2,5,8-9H2,1H3. The fraction of sp³-hybridized carbons (Fsp3) is 0.300. The van der Waals surface area contributed by atoms with Crippen LogP contribution in [0.25, 0.3) is 11.0 Å². The second kappa shape index (κ2) is 7.66. The lowest BCUT2D eigenvalue weighted by atomic mass is 10.1. The van der Waals surface area contributed by atoms with Gasteiger partial charge in [-0.3, -0.25) is 0 Å². The van der Waals surface area contributed by atoms with Crippen LogP contribution in [0.3, 0.4) is 0 Å². The number of halogens is 1. The minimum Gasteiger partial charge on any atom is -0.457 e. The predicted molar refractivity (Wildman–Crippen MR) is 109 cm³/mol. The van der Waals surface area contributed by atoms with Crippen LogP contribution in [0.1, 0.15) is 25.3 Å². The first-order chi connectivity index (χ1) is 13.9. The maximum atomic E-state index is 14.5. The Morgan fingerprint density at radius 2 is 2.00 bits per heavy atom. The van der Waals surface area contributed by atoms with Crippen molar-refractivity contribution >= 4 is 32.4 Å². The Hall–Kier alpha value is -2.62.